The third-order valence-electron chi connectivity index (χ3n) is 5.54. The van der Waals surface area contributed by atoms with Crippen molar-refractivity contribution in [3.05, 3.63) is 58.8 Å². The molecule has 0 aromatic heterocycles. The molecule has 0 radical (unpaired) electrons. The zero-order valence-electron chi connectivity index (χ0n) is 16.3. The molecule has 154 valence electrons. The second kappa shape index (κ2) is 8.14. The van der Waals surface area contributed by atoms with E-state index in [0.29, 0.717) is 21.6 Å². The fourth-order valence-electron chi connectivity index (χ4n) is 4.03. The van der Waals surface area contributed by atoms with Crippen molar-refractivity contribution in [3.63, 3.8) is 0 Å². The molecule has 5 rings (SSSR count). The molecule has 2 heterocycles. The summed E-state index contributed by atoms with van der Waals surface area (Å²) < 4.78 is 25.0. The maximum absolute atomic E-state index is 14.2. The van der Waals surface area contributed by atoms with Crippen LogP contribution in [0.5, 0.6) is 11.5 Å². The summed E-state index contributed by atoms with van der Waals surface area (Å²) in [4.78, 5) is 20.2. The van der Waals surface area contributed by atoms with E-state index in [2.05, 4.69) is 4.99 Å². The minimum atomic E-state index is -0.394. The van der Waals surface area contributed by atoms with Crippen molar-refractivity contribution in [3.8, 4) is 11.5 Å². The number of aliphatic imine (C=N–C) groups is 1. The number of rotatable bonds is 3. The summed E-state index contributed by atoms with van der Waals surface area (Å²) >= 11 is 1.30. The molecular formula is C23H21FN2O3S. The Bertz CT molecular complexity index is 1050. The largest absolute Gasteiger partial charge is 0.454 e. The lowest BCUT2D eigenvalue weighted by molar-refractivity contribution is -0.124. The summed E-state index contributed by atoms with van der Waals surface area (Å²) in [6.07, 6.45) is 7.10. The van der Waals surface area contributed by atoms with Crippen LogP contribution in [-0.2, 0) is 4.79 Å². The quantitative estimate of drug-likeness (QED) is 0.612. The van der Waals surface area contributed by atoms with Crippen LogP contribution >= 0.6 is 11.8 Å². The molecule has 0 bridgehead atoms. The highest BCUT2D eigenvalue weighted by Gasteiger charge is 2.38. The van der Waals surface area contributed by atoms with Crippen LogP contribution in [0.3, 0.4) is 0 Å². The number of amides is 1. The van der Waals surface area contributed by atoms with E-state index in [0.717, 1.165) is 31.2 Å². The Hall–Kier alpha value is -2.80. The van der Waals surface area contributed by atoms with Gasteiger partial charge in [0, 0.05) is 6.04 Å². The number of hydrogen-bond acceptors (Lipinski definition) is 5. The molecule has 0 atom stereocenters. The Morgan fingerprint density at radius 2 is 1.87 bits per heavy atom. The van der Waals surface area contributed by atoms with Gasteiger partial charge in [0.15, 0.2) is 16.7 Å². The van der Waals surface area contributed by atoms with E-state index in [-0.39, 0.29) is 24.4 Å². The standard InChI is InChI=1S/C23H21FN2O3S/c24-17-8-4-5-9-18(17)25-23-26(16-6-2-1-3-7-16)22(27)21(30-23)13-15-10-11-19-20(12-15)29-14-28-19/h4-5,8-13,16H,1-3,6-7,14H2/b21-13-,25-23?. The number of fused-ring (bicyclic) bond motifs is 1. The third kappa shape index (κ3) is 3.69. The number of hydrogen-bond donors (Lipinski definition) is 0. The Balaban J connectivity index is 1.51. The van der Waals surface area contributed by atoms with Gasteiger partial charge in [0.25, 0.3) is 5.91 Å². The summed E-state index contributed by atoms with van der Waals surface area (Å²) in [5.74, 6) is 0.909. The van der Waals surface area contributed by atoms with Crippen molar-refractivity contribution < 1.29 is 18.7 Å². The zero-order chi connectivity index (χ0) is 20.5. The summed E-state index contributed by atoms with van der Waals surface area (Å²) in [6, 6.07) is 12.1. The summed E-state index contributed by atoms with van der Waals surface area (Å²) in [6.45, 7) is 0.206. The molecule has 2 aromatic rings. The monoisotopic (exact) mass is 424 g/mol. The van der Waals surface area contributed by atoms with Gasteiger partial charge in [-0.3, -0.25) is 9.69 Å². The molecule has 2 aliphatic heterocycles. The van der Waals surface area contributed by atoms with Gasteiger partial charge in [-0.2, -0.15) is 0 Å². The summed E-state index contributed by atoms with van der Waals surface area (Å²) in [5.41, 5.74) is 1.10. The first-order valence-corrected chi connectivity index (χ1v) is 11.0. The highest BCUT2D eigenvalue weighted by atomic mass is 32.2. The first-order chi connectivity index (χ1) is 14.7. The lowest BCUT2D eigenvalue weighted by Gasteiger charge is -2.30. The average molecular weight is 424 g/mol. The van der Waals surface area contributed by atoms with Crippen LogP contribution < -0.4 is 9.47 Å². The molecule has 2 fully saturated rings. The molecule has 5 nitrogen and oxygen atoms in total. The number of nitrogens with zero attached hydrogens (tertiary/aromatic N) is 2. The number of benzene rings is 2. The maximum atomic E-state index is 14.2. The number of ether oxygens (including phenoxy) is 2. The third-order valence-corrected chi connectivity index (χ3v) is 6.52. The lowest BCUT2D eigenvalue weighted by atomic mass is 9.94. The molecule has 1 amide bonds. The fraction of sp³-hybridized carbons (Fsp3) is 0.304. The van der Waals surface area contributed by atoms with Crippen LogP contribution in [0.15, 0.2) is 52.4 Å². The van der Waals surface area contributed by atoms with Crippen molar-refractivity contribution >= 4 is 34.6 Å². The minimum absolute atomic E-state index is 0.0698. The molecule has 1 saturated carbocycles. The van der Waals surface area contributed by atoms with Gasteiger partial charge in [-0.25, -0.2) is 9.38 Å². The van der Waals surface area contributed by atoms with Crippen molar-refractivity contribution in [1.82, 2.24) is 4.90 Å². The molecule has 1 saturated heterocycles. The molecule has 0 spiro atoms. The number of amidine groups is 1. The van der Waals surface area contributed by atoms with Crippen LogP contribution in [0, 0.1) is 5.82 Å². The van der Waals surface area contributed by atoms with E-state index < -0.39 is 5.82 Å². The van der Waals surface area contributed by atoms with Crippen LogP contribution in [0.1, 0.15) is 37.7 Å². The smallest absolute Gasteiger partial charge is 0.267 e. The van der Waals surface area contributed by atoms with Gasteiger partial charge in [0.05, 0.1) is 4.91 Å². The normalized spacial score (nSPS) is 21.8. The highest BCUT2D eigenvalue weighted by Crippen LogP contribution is 2.40. The van der Waals surface area contributed by atoms with E-state index in [1.165, 1.54) is 24.2 Å². The number of thioether (sulfide) groups is 1. The maximum Gasteiger partial charge on any atom is 0.267 e. The van der Waals surface area contributed by atoms with Gasteiger partial charge in [-0.15, -0.1) is 0 Å². The van der Waals surface area contributed by atoms with Crippen LogP contribution in [0.2, 0.25) is 0 Å². The van der Waals surface area contributed by atoms with Crippen LogP contribution in [0.25, 0.3) is 6.08 Å². The van der Waals surface area contributed by atoms with Crippen LogP contribution in [0.4, 0.5) is 10.1 Å². The van der Waals surface area contributed by atoms with Crippen molar-refractivity contribution in [2.75, 3.05) is 6.79 Å². The van der Waals surface area contributed by atoms with E-state index in [4.69, 9.17) is 9.47 Å². The summed E-state index contributed by atoms with van der Waals surface area (Å²) in [5, 5.41) is 0.545. The number of para-hydroxylation sites is 1. The second-order valence-corrected chi connectivity index (χ2v) is 8.55. The minimum Gasteiger partial charge on any atom is -0.454 e. The molecule has 2 aromatic carbocycles. The first kappa shape index (κ1) is 19.2. The molecule has 7 heteroatoms. The first-order valence-electron chi connectivity index (χ1n) is 10.1. The van der Waals surface area contributed by atoms with Gasteiger partial charge in [0.2, 0.25) is 6.79 Å². The van der Waals surface area contributed by atoms with Crippen molar-refractivity contribution in [1.29, 1.82) is 0 Å². The molecule has 0 N–H and O–H groups in total. The van der Waals surface area contributed by atoms with Gasteiger partial charge >= 0.3 is 0 Å². The fourth-order valence-corrected chi connectivity index (χ4v) is 5.08. The number of halogens is 1. The average Bonchev–Trinajstić information content (AvgIpc) is 3.34. The molecule has 30 heavy (non-hydrogen) atoms. The zero-order valence-corrected chi connectivity index (χ0v) is 17.2. The number of carbonyl (C=O) groups excluding carboxylic acids is 1. The molecule has 1 aliphatic carbocycles. The molecule has 0 unspecified atom stereocenters. The Labute approximate surface area is 178 Å². The van der Waals surface area contributed by atoms with E-state index >= 15 is 0 Å². The van der Waals surface area contributed by atoms with Gasteiger partial charge in [-0.05, 0) is 60.5 Å². The van der Waals surface area contributed by atoms with E-state index in [1.807, 2.05) is 24.3 Å². The SMILES string of the molecule is O=C1/C(=C/c2ccc3c(c2)OCO3)SC(=Nc2ccccc2F)N1C1CCCCC1. The predicted octanol–water partition coefficient (Wildman–Crippen LogP) is 5.49. The van der Waals surface area contributed by atoms with Gasteiger partial charge in [0.1, 0.15) is 11.5 Å². The Morgan fingerprint density at radius 1 is 1.07 bits per heavy atom. The second-order valence-electron chi connectivity index (χ2n) is 7.54. The highest BCUT2D eigenvalue weighted by molar-refractivity contribution is 8.18. The van der Waals surface area contributed by atoms with Crippen LogP contribution in [-0.4, -0.2) is 28.8 Å². The van der Waals surface area contributed by atoms with E-state index in [9.17, 15) is 9.18 Å². The molecule has 3 aliphatic rings. The van der Waals surface area contributed by atoms with Crippen molar-refractivity contribution in [2.45, 2.75) is 38.1 Å². The Morgan fingerprint density at radius 3 is 2.70 bits per heavy atom. The van der Waals surface area contributed by atoms with E-state index in [1.54, 1.807) is 23.1 Å². The number of carbonyl (C=O) groups is 1. The topological polar surface area (TPSA) is 51.1 Å². The predicted molar refractivity (Wildman–Crippen MR) is 115 cm³/mol. The molecular weight excluding hydrogens is 403 g/mol. The van der Waals surface area contributed by atoms with Gasteiger partial charge < -0.3 is 9.47 Å². The Kier molecular flexibility index (Phi) is 5.21. The van der Waals surface area contributed by atoms with Gasteiger partial charge in [-0.1, -0.05) is 37.5 Å². The van der Waals surface area contributed by atoms with Crippen molar-refractivity contribution in [2.24, 2.45) is 4.99 Å². The summed E-state index contributed by atoms with van der Waals surface area (Å²) in [7, 11) is 0. The lowest BCUT2D eigenvalue weighted by Crippen LogP contribution is -2.40.